The van der Waals surface area contributed by atoms with Gasteiger partial charge in [-0.1, -0.05) is 11.6 Å². The third kappa shape index (κ3) is 6.97. The second kappa shape index (κ2) is 10.9. The summed E-state index contributed by atoms with van der Waals surface area (Å²) in [4.78, 5) is 14.5. The molecule has 1 N–H and O–H groups in total. The maximum absolute atomic E-state index is 14.5. The van der Waals surface area contributed by atoms with Crippen LogP contribution in [0, 0.1) is 11.8 Å². The van der Waals surface area contributed by atoms with Gasteiger partial charge >= 0.3 is 6.18 Å². The minimum atomic E-state index is -4.48. The van der Waals surface area contributed by atoms with Gasteiger partial charge in [-0.05, 0) is 99.5 Å². The number of amides is 1. The molecule has 2 fully saturated rings. The van der Waals surface area contributed by atoms with Gasteiger partial charge in [-0.2, -0.15) is 13.2 Å². The first-order valence-electron chi connectivity index (χ1n) is 12.5. The zero-order valence-electron chi connectivity index (χ0n) is 21.1. The fraction of sp³-hybridized carbons (Fsp3) is 0.577. The van der Waals surface area contributed by atoms with Gasteiger partial charge < -0.3 is 4.74 Å². The van der Waals surface area contributed by atoms with Crippen molar-refractivity contribution in [2.45, 2.75) is 56.6 Å². The van der Waals surface area contributed by atoms with Crippen LogP contribution in [0.5, 0.6) is 0 Å². The number of ether oxygens (including phenoxy) is 1. The van der Waals surface area contributed by atoms with Gasteiger partial charge in [0, 0.05) is 11.1 Å². The Bertz CT molecular complexity index is 1220. The van der Waals surface area contributed by atoms with Crippen LogP contribution in [0.3, 0.4) is 0 Å². The van der Waals surface area contributed by atoms with E-state index in [1.807, 2.05) is 11.6 Å². The SMILES string of the molecule is CC(c1cc(Cl)cc(C(F)(F)F)c1)N1CCC(COC2(C3CC3)C=CC(F)C(C(=O)NS(C)(=O)=O)=C2)CC1. The lowest BCUT2D eigenvalue weighted by molar-refractivity contribution is -0.137. The summed E-state index contributed by atoms with van der Waals surface area (Å²) in [6.07, 6.45) is 2.08. The summed E-state index contributed by atoms with van der Waals surface area (Å²) in [7, 11) is -3.85. The van der Waals surface area contributed by atoms with Crippen LogP contribution in [0.4, 0.5) is 17.6 Å². The number of sulfonamides is 1. The Labute approximate surface area is 225 Å². The first-order valence-corrected chi connectivity index (χ1v) is 14.8. The Morgan fingerprint density at radius 1 is 1.21 bits per heavy atom. The fourth-order valence-corrected chi connectivity index (χ4v) is 5.82. The van der Waals surface area contributed by atoms with Crippen LogP contribution in [-0.4, -0.2) is 56.9 Å². The maximum Gasteiger partial charge on any atom is 0.416 e. The molecule has 1 aliphatic heterocycles. The predicted molar refractivity (Wildman–Crippen MR) is 136 cm³/mol. The molecule has 1 aromatic carbocycles. The Kier molecular flexibility index (Phi) is 8.33. The number of piperidine rings is 1. The van der Waals surface area contributed by atoms with Gasteiger partial charge in [0.1, 0.15) is 11.8 Å². The number of allylic oxidation sites excluding steroid dienone is 1. The first kappa shape index (κ1) is 29.0. The molecule has 1 saturated heterocycles. The number of carbonyl (C=O) groups excluding carboxylic acids is 1. The predicted octanol–water partition coefficient (Wildman–Crippen LogP) is 5.21. The van der Waals surface area contributed by atoms with Gasteiger partial charge in [-0.15, -0.1) is 0 Å². The van der Waals surface area contributed by atoms with Gasteiger partial charge in [-0.3, -0.25) is 9.69 Å². The van der Waals surface area contributed by atoms with E-state index in [9.17, 15) is 30.8 Å². The Balaban J connectivity index is 1.39. The van der Waals surface area contributed by atoms with E-state index in [4.69, 9.17) is 16.3 Å². The van der Waals surface area contributed by atoms with E-state index in [2.05, 4.69) is 4.90 Å². The quantitative estimate of drug-likeness (QED) is 0.339. The second-order valence-electron chi connectivity index (χ2n) is 10.4. The lowest BCUT2D eigenvalue weighted by atomic mass is 9.87. The van der Waals surface area contributed by atoms with Crippen molar-refractivity contribution in [2.75, 3.05) is 26.0 Å². The summed E-state index contributed by atoms with van der Waals surface area (Å²) in [6, 6.07) is 3.37. The van der Waals surface area contributed by atoms with E-state index in [0.717, 1.165) is 44.1 Å². The molecule has 210 valence electrons. The van der Waals surface area contributed by atoms with Gasteiger partial charge in [0.05, 0.1) is 24.0 Å². The summed E-state index contributed by atoms with van der Waals surface area (Å²) < 4.78 is 85.3. The number of hydrogen-bond acceptors (Lipinski definition) is 5. The average molecular weight is 579 g/mol. The molecule has 6 nitrogen and oxygen atoms in total. The molecule has 1 heterocycles. The van der Waals surface area contributed by atoms with Crippen LogP contribution in [0.25, 0.3) is 0 Å². The number of nitrogens with zero attached hydrogens (tertiary/aromatic N) is 1. The van der Waals surface area contributed by atoms with Crippen molar-refractivity contribution in [1.29, 1.82) is 0 Å². The zero-order chi connectivity index (χ0) is 27.9. The van der Waals surface area contributed by atoms with Crippen LogP contribution >= 0.6 is 11.6 Å². The van der Waals surface area contributed by atoms with E-state index in [1.54, 1.807) is 12.1 Å². The molecule has 0 aromatic heterocycles. The topological polar surface area (TPSA) is 75.7 Å². The molecule has 12 heteroatoms. The summed E-state index contributed by atoms with van der Waals surface area (Å²) in [5.41, 5.74) is -1.53. The Morgan fingerprint density at radius 3 is 2.45 bits per heavy atom. The summed E-state index contributed by atoms with van der Waals surface area (Å²) in [6.45, 7) is 3.52. The lowest BCUT2D eigenvalue weighted by Crippen LogP contribution is -2.42. The average Bonchev–Trinajstić information content (AvgIpc) is 3.68. The smallest absolute Gasteiger partial charge is 0.366 e. The highest BCUT2D eigenvalue weighted by Gasteiger charge is 2.46. The highest BCUT2D eigenvalue weighted by molar-refractivity contribution is 7.89. The third-order valence-corrected chi connectivity index (χ3v) is 8.23. The second-order valence-corrected chi connectivity index (χ2v) is 12.6. The van der Waals surface area contributed by atoms with E-state index in [0.29, 0.717) is 25.3 Å². The molecule has 4 rings (SSSR count). The zero-order valence-corrected chi connectivity index (χ0v) is 22.7. The highest BCUT2D eigenvalue weighted by atomic mass is 35.5. The molecule has 3 atom stereocenters. The molecular formula is C26H31ClF4N2O4S. The van der Waals surface area contributed by atoms with Crippen LogP contribution < -0.4 is 4.72 Å². The first-order chi connectivity index (χ1) is 17.7. The molecule has 1 aromatic rings. The molecule has 0 bridgehead atoms. The number of benzene rings is 1. The van der Waals surface area contributed by atoms with Crippen LogP contribution in [-0.2, 0) is 25.7 Å². The number of nitrogens with one attached hydrogen (secondary N) is 1. The number of alkyl halides is 4. The van der Waals surface area contributed by atoms with Crippen molar-refractivity contribution < 1.29 is 35.5 Å². The van der Waals surface area contributed by atoms with Crippen molar-refractivity contribution in [1.82, 2.24) is 9.62 Å². The molecule has 1 amide bonds. The molecule has 3 aliphatic rings. The van der Waals surface area contributed by atoms with E-state index in [1.165, 1.54) is 12.2 Å². The summed E-state index contributed by atoms with van der Waals surface area (Å²) in [5.74, 6) is -0.773. The normalized spacial score (nSPS) is 26.2. The van der Waals surface area contributed by atoms with Gasteiger partial charge in [0.15, 0.2) is 0 Å². The minimum Gasteiger partial charge on any atom is -0.366 e. The Hall–Kier alpha value is -1.95. The van der Waals surface area contributed by atoms with E-state index < -0.39 is 39.4 Å². The molecule has 0 radical (unpaired) electrons. The number of halogens is 5. The van der Waals surface area contributed by atoms with Gasteiger partial charge in [-0.25, -0.2) is 17.5 Å². The molecule has 3 unspecified atom stereocenters. The van der Waals surface area contributed by atoms with E-state index >= 15 is 0 Å². The standard InChI is InChI=1S/C26H31ClF4N2O4S/c1-16(18-11-20(26(29,30)31)13-21(27)12-18)33-9-6-17(7-10-33)15-37-25(19-3-4-19)8-5-23(28)22(14-25)24(34)32-38(2,35)36/h5,8,11-14,16-17,19,23H,3-4,6-7,9-10,15H2,1-2H3,(H,32,34). The van der Waals surface area contributed by atoms with Gasteiger partial charge in [0.25, 0.3) is 5.91 Å². The summed E-state index contributed by atoms with van der Waals surface area (Å²) in [5, 5.41) is 0.0454. The van der Waals surface area contributed by atoms with Crippen molar-refractivity contribution >= 4 is 27.5 Å². The van der Waals surface area contributed by atoms with Crippen molar-refractivity contribution in [3.05, 3.63) is 58.1 Å². The number of carbonyl (C=O) groups is 1. The molecule has 1 saturated carbocycles. The van der Waals surface area contributed by atoms with Crippen LogP contribution in [0.15, 0.2) is 42.0 Å². The number of hydrogen-bond donors (Lipinski definition) is 1. The largest absolute Gasteiger partial charge is 0.416 e. The van der Waals surface area contributed by atoms with Crippen molar-refractivity contribution in [2.24, 2.45) is 11.8 Å². The fourth-order valence-electron chi connectivity index (χ4n) is 5.12. The molecular weight excluding hydrogens is 548 g/mol. The third-order valence-electron chi connectivity index (χ3n) is 7.46. The minimum absolute atomic E-state index is 0.0454. The monoisotopic (exact) mass is 578 g/mol. The molecule has 2 aliphatic carbocycles. The van der Waals surface area contributed by atoms with Crippen LogP contribution in [0.1, 0.15) is 49.8 Å². The number of likely N-dealkylation sites (tertiary alicyclic amines) is 1. The maximum atomic E-state index is 14.5. The van der Waals surface area contributed by atoms with Gasteiger partial charge in [0.2, 0.25) is 10.0 Å². The van der Waals surface area contributed by atoms with Crippen molar-refractivity contribution in [3.63, 3.8) is 0 Å². The van der Waals surface area contributed by atoms with Crippen molar-refractivity contribution in [3.8, 4) is 0 Å². The number of rotatable bonds is 8. The van der Waals surface area contributed by atoms with Crippen LogP contribution in [0.2, 0.25) is 5.02 Å². The summed E-state index contributed by atoms with van der Waals surface area (Å²) >= 11 is 5.97. The van der Waals surface area contributed by atoms with E-state index in [-0.39, 0.29) is 28.5 Å². The lowest BCUT2D eigenvalue weighted by Gasteiger charge is -2.38. The molecule has 38 heavy (non-hydrogen) atoms. The highest BCUT2D eigenvalue weighted by Crippen LogP contribution is 2.47. The Morgan fingerprint density at radius 2 is 1.87 bits per heavy atom. The molecule has 0 spiro atoms.